The van der Waals surface area contributed by atoms with Crippen LogP contribution >= 0.6 is 46.4 Å². The van der Waals surface area contributed by atoms with Crippen LogP contribution in [0.15, 0.2) is 60.7 Å². The van der Waals surface area contributed by atoms with Crippen molar-refractivity contribution < 1.29 is 9.59 Å². The second-order valence-electron chi connectivity index (χ2n) is 6.02. The van der Waals surface area contributed by atoms with Crippen molar-refractivity contribution in [3.8, 4) is 0 Å². The Morgan fingerprint density at radius 3 is 1.20 bits per heavy atom. The van der Waals surface area contributed by atoms with Crippen LogP contribution in [-0.2, 0) is 0 Å². The molecule has 0 saturated heterocycles. The van der Waals surface area contributed by atoms with Crippen molar-refractivity contribution in [2.24, 2.45) is 0 Å². The number of rotatable bonds is 4. The molecule has 154 valence electrons. The number of halogens is 4. The zero-order chi connectivity index (χ0) is 21.7. The summed E-state index contributed by atoms with van der Waals surface area (Å²) in [5, 5.41) is 12.1. The molecule has 3 aromatic rings. The molecule has 6 nitrogen and oxygen atoms in total. The van der Waals surface area contributed by atoms with Crippen molar-refractivity contribution in [1.29, 1.82) is 0 Å². The van der Waals surface area contributed by atoms with Crippen LogP contribution in [0.25, 0.3) is 0 Å². The molecule has 0 aliphatic heterocycles. The van der Waals surface area contributed by atoms with Gasteiger partial charge in [-0.3, -0.25) is 0 Å². The molecule has 0 fully saturated rings. The van der Waals surface area contributed by atoms with Crippen LogP contribution in [-0.4, -0.2) is 12.1 Å². The fourth-order valence-electron chi connectivity index (χ4n) is 2.52. The van der Waals surface area contributed by atoms with Gasteiger partial charge in [0, 0.05) is 31.5 Å². The Kier molecular flexibility index (Phi) is 7.29. The molecule has 4 N–H and O–H groups in total. The molecule has 0 heterocycles. The summed E-state index contributed by atoms with van der Waals surface area (Å²) in [6.45, 7) is 0. The first-order chi connectivity index (χ1) is 14.3. The van der Waals surface area contributed by atoms with E-state index in [0.29, 0.717) is 42.8 Å². The number of carbonyl (C=O) groups is 2. The molecule has 4 amide bonds. The van der Waals surface area contributed by atoms with Gasteiger partial charge in [0.15, 0.2) is 0 Å². The molecular weight excluding hydrogens is 470 g/mol. The maximum Gasteiger partial charge on any atom is 0.323 e. The van der Waals surface area contributed by atoms with Gasteiger partial charge in [0.05, 0.1) is 11.4 Å². The Hall–Kier alpha value is -2.64. The van der Waals surface area contributed by atoms with E-state index >= 15 is 0 Å². The summed E-state index contributed by atoms with van der Waals surface area (Å²) in [6, 6.07) is 15.0. The zero-order valence-electron chi connectivity index (χ0n) is 15.1. The molecule has 0 aromatic heterocycles. The van der Waals surface area contributed by atoms with E-state index in [-0.39, 0.29) is 0 Å². The lowest BCUT2D eigenvalue weighted by molar-refractivity contribution is 0.261. The lowest BCUT2D eigenvalue weighted by atomic mass is 10.2. The number of nitrogens with one attached hydrogen (secondary N) is 4. The van der Waals surface area contributed by atoms with Gasteiger partial charge in [-0.1, -0.05) is 58.5 Å². The highest BCUT2D eigenvalue weighted by molar-refractivity contribution is 6.35. The predicted octanol–water partition coefficient (Wildman–Crippen LogP) is 7.59. The molecule has 0 radical (unpaired) electrons. The summed E-state index contributed by atoms with van der Waals surface area (Å²) in [5.41, 5.74) is 1.60. The van der Waals surface area contributed by atoms with E-state index < -0.39 is 12.1 Å². The monoisotopic (exact) mass is 482 g/mol. The van der Waals surface area contributed by atoms with Gasteiger partial charge in [0.1, 0.15) is 0 Å². The van der Waals surface area contributed by atoms with E-state index in [9.17, 15) is 9.59 Å². The first kappa shape index (κ1) is 22.1. The quantitative estimate of drug-likeness (QED) is 0.308. The fraction of sp³-hybridized carbons (Fsp3) is 0. The third-order valence-corrected chi connectivity index (χ3v) is 4.54. The third kappa shape index (κ3) is 6.43. The maximum absolute atomic E-state index is 12.3. The van der Waals surface area contributed by atoms with Crippen molar-refractivity contribution in [1.82, 2.24) is 0 Å². The molecule has 0 atom stereocenters. The van der Waals surface area contributed by atoms with Gasteiger partial charge in [-0.15, -0.1) is 0 Å². The number of amides is 4. The number of anilines is 4. The minimum Gasteiger partial charge on any atom is -0.308 e. The first-order valence-electron chi connectivity index (χ1n) is 8.46. The highest BCUT2D eigenvalue weighted by Crippen LogP contribution is 2.25. The number of hydrogen-bond donors (Lipinski definition) is 4. The van der Waals surface area contributed by atoms with Crippen molar-refractivity contribution in [3.63, 3.8) is 0 Å². The van der Waals surface area contributed by atoms with Gasteiger partial charge < -0.3 is 21.3 Å². The van der Waals surface area contributed by atoms with Gasteiger partial charge in [-0.05, 0) is 48.5 Å². The highest BCUT2D eigenvalue weighted by atomic mass is 35.5. The molecule has 0 spiro atoms. The molecule has 0 bridgehead atoms. The Balaban J connectivity index is 1.67. The Morgan fingerprint density at radius 1 is 0.533 bits per heavy atom. The van der Waals surface area contributed by atoms with Crippen LogP contribution in [0, 0.1) is 0 Å². The van der Waals surface area contributed by atoms with Crippen molar-refractivity contribution in [2.45, 2.75) is 0 Å². The summed E-state index contributed by atoms with van der Waals surface area (Å²) < 4.78 is 0. The fourth-order valence-corrected chi connectivity index (χ4v) is 3.57. The highest BCUT2D eigenvalue weighted by Gasteiger charge is 2.11. The smallest absolute Gasteiger partial charge is 0.308 e. The maximum atomic E-state index is 12.3. The largest absolute Gasteiger partial charge is 0.323 e. The predicted molar refractivity (Wildman–Crippen MR) is 125 cm³/mol. The summed E-state index contributed by atoms with van der Waals surface area (Å²) in [5.74, 6) is 0. The molecule has 0 saturated carbocycles. The Bertz CT molecular complexity index is 981. The van der Waals surface area contributed by atoms with Crippen molar-refractivity contribution in [2.75, 3.05) is 21.3 Å². The Morgan fingerprint density at radius 2 is 0.867 bits per heavy atom. The van der Waals surface area contributed by atoms with E-state index in [0.717, 1.165) is 0 Å². The van der Waals surface area contributed by atoms with E-state index in [2.05, 4.69) is 21.3 Å². The molecular formula is C20H14Cl4N4O2. The SMILES string of the molecule is O=C(Nc1cc(Cl)cc(Cl)c1)Nc1ccccc1NC(=O)Nc1cc(Cl)cc(Cl)c1. The molecule has 0 unspecified atom stereocenters. The number of benzene rings is 3. The van der Waals surface area contributed by atoms with Crippen LogP contribution < -0.4 is 21.3 Å². The van der Waals surface area contributed by atoms with Crippen LogP contribution in [0.1, 0.15) is 0 Å². The molecule has 30 heavy (non-hydrogen) atoms. The van der Waals surface area contributed by atoms with E-state index in [1.165, 1.54) is 0 Å². The van der Waals surface area contributed by atoms with Gasteiger partial charge >= 0.3 is 12.1 Å². The van der Waals surface area contributed by atoms with E-state index in [4.69, 9.17) is 46.4 Å². The molecule has 10 heteroatoms. The molecule has 0 aliphatic rings. The molecule has 3 rings (SSSR count). The normalized spacial score (nSPS) is 10.3. The van der Waals surface area contributed by atoms with Crippen molar-refractivity contribution in [3.05, 3.63) is 80.8 Å². The minimum atomic E-state index is -0.537. The number of carbonyl (C=O) groups excluding carboxylic acids is 2. The van der Waals surface area contributed by atoms with E-state index in [1.807, 2.05) is 0 Å². The molecule has 3 aromatic carbocycles. The summed E-state index contributed by atoms with van der Waals surface area (Å²) >= 11 is 23.7. The number of urea groups is 2. The zero-order valence-corrected chi connectivity index (χ0v) is 18.1. The standard InChI is InChI=1S/C20H14Cl4N4O2/c21-11-5-12(22)8-15(7-11)25-19(29)27-17-3-1-2-4-18(17)28-20(30)26-16-9-13(23)6-14(24)10-16/h1-10H,(H2,25,27,29)(H2,26,28,30). The topological polar surface area (TPSA) is 82.3 Å². The minimum absolute atomic E-state index is 0.377. The van der Waals surface area contributed by atoms with Crippen LogP contribution in [0.2, 0.25) is 20.1 Å². The average molecular weight is 484 g/mol. The van der Waals surface area contributed by atoms with Gasteiger partial charge in [0.25, 0.3) is 0 Å². The van der Waals surface area contributed by atoms with Gasteiger partial charge in [-0.25, -0.2) is 9.59 Å². The van der Waals surface area contributed by atoms with Crippen LogP contribution in [0.5, 0.6) is 0 Å². The van der Waals surface area contributed by atoms with Crippen LogP contribution in [0.4, 0.5) is 32.3 Å². The number of para-hydroxylation sites is 2. The second kappa shape index (κ2) is 9.91. The van der Waals surface area contributed by atoms with Gasteiger partial charge in [-0.2, -0.15) is 0 Å². The molecule has 0 aliphatic carbocycles. The van der Waals surface area contributed by atoms with Crippen molar-refractivity contribution >= 4 is 81.2 Å². The average Bonchev–Trinajstić information content (AvgIpc) is 2.61. The second-order valence-corrected chi connectivity index (χ2v) is 7.77. The lowest BCUT2D eigenvalue weighted by Crippen LogP contribution is -2.23. The summed E-state index contributed by atoms with van der Waals surface area (Å²) in [6.07, 6.45) is 0. The van der Waals surface area contributed by atoms with Gasteiger partial charge in [0.2, 0.25) is 0 Å². The van der Waals surface area contributed by atoms with Crippen LogP contribution in [0.3, 0.4) is 0 Å². The lowest BCUT2D eigenvalue weighted by Gasteiger charge is -2.14. The summed E-state index contributed by atoms with van der Waals surface area (Å²) in [7, 11) is 0. The Labute approximate surface area is 192 Å². The third-order valence-electron chi connectivity index (χ3n) is 3.66. The van der Waals surface area contributed by atoms with E-state index in [1.54, 1.807) is 60.7 Å². The first-order valence-corrected chi connectivity index (χ1v) is 9.97. The summed E-state index contributed by atoms with van der Waals surface area (Å²) in [4.78, 5) is 24.7. The number of hydrogen-bond acceptors (Lipinski definition) is 2.